The summed E-state index contributed by atoms with van der Waals surface area (Å²) in [4.78, 5) is 12.0. The predicted molar refractivity (Wildman–Crippen MR) is 81.8 cm³/mol. The number of aromatic hydroxyl groups is 1. The van der Waals surface area contributed by atoms with Crippen LogP contribution in [0.5, 0.6) is 11.5 Å². The molecule has 0 unspecified atom stereocenters. The van der Waals surface area contributed by atoms with E-state index in [2.05, 4.69) is 0 Å². The molecule has 0 aliphatic rings. The Labute approximate surface area is 125 Å². The van der Waals surface area contributed by atoms with Crippen molar-refractivity contribution in [2.24, 2.45) is 5.92 Å². The van der Waals surface area contributed by atoms with Crippen LogP contribution in [0.25, 0.3) is 0 Å². The summed E-state index contributed by atoms with van der Waals surface area (Å²) in [6, 6.07) is 2.87. The van der Waals surface area contributed by atoms with Crippen molar-refractivity contribution in [1.82, 2.24) is 0 Å². The molecule has 0 spiro atoms. The van der Waals surface area contributed by atoms with Crippen LogP contribution in [0.3, 0.4) is 0 Å². The summed E-state index contributed by atoms with van der Waals surface area (Å²) < 4.78 is 5.46. The molecular formula is C16H21ClO3. The number of phenolic OH excluding ortho intramolecular Hbond substituents is 1. The SMILES string of the molecule is CC(C)=CCOc1cc(O)c(C(=O)CC(C)C)cc1Cl. The lowest BCUT2D eigenvalue weighted by Crippen LogP contribution is -2.04. The zero-order valence-electron chi connectivity index (χ0n) is 12.4. The van der Waals surface area contributed by atoms with Gasteiger partial charge in [-0.15, -0.1) is 0 Å². The molecule has 4 heteroatoms. The topological polar surface area (TPSA) is 46.5 Å². The van der Waals surface area contributed by atoms with Crippen molar-refractivity contribution < 1.29 is 14.6 Å². The fraction of sp³-hybridized carbons (Fsp3) is 0.438. The van der Waals surface area contributed by atoms with E-state index < -0.39 is 0 Å². The summed E-state index contributed by atoms with van der Waals surface area (Å²) in [7, 11) is 0. The van der Waals surface area contributed by atoms with E-state index >= 15 is 0 Å². The number of benzene rings is 1. The molecular weight excluding hydrogens is 276 g/mol. The van der Waals surface area contributed by atoms with E-state index in [0.29, 0.717) is 23.8 Å². The lowest BCUT2D eigenvalue weighted by Gasteiger charge is -2.11. The second-order valence-corrected chi connectivity index (χ2v) is 5.82. The minimum absolute atomic E-state index is 0.0905. The van der Waals surface area contributed by atoms with Crippen LogP contribution >= 0.6 is 11.6 Å². The van der Waals surface area contributed by atoms with E-state index in [-0.39, 0.29) is 23.0 Å². The Morgan fingerprint density at radius 1 is 1.40 bits per heavy atom. The van der Waals surface area contributed by atoms with E-state index in [4.69, 9.17) is 16.3 Å². The van der Waals surface area contributed by atoms with Gasteiger partial charge in [0.1, 0.15) is 18.1 Å². The first kappa shape index (κ1) is 16.6. The number of ketones is 1. The molecule has 0 atom stereocenters. The zero-order valence-corrected chi connectivity index (χ0v) is 13.1. The standard InChI is InChI=1S/C16H21ClO3/c1-10(2)5-6-20-16-9-15(19)12(8-13(16)17)14(18)7-11(3)4/h5,8-9,11,19H,6-7H2,1-4H3. The van der Waals surface area contributed by atoms with Gasteiger partial charge in [0.2, 0.25) is 0 Å². The molecule has 0 aliphatic carbocycles. The predicted octanol–water partition coefficient (Wildman–Crippen LogP) is 4.62. The first-order valence-electron chi connectivity index (χ1n) is 6.63. The highest BCUT2D eigenvalue weighted by molar-refractivity contribution is 6.32. The van der Waals surface area contributed by atoms with Crippen molar-refractivity contribution in [3.8, 4) is 11.5 Å². The Hall–Kier alpha value is -1.48. The first-order chi connectivity index (χ1) is 9.31. The largest absolute Gasteiger partial charge is 0.507 e. The van der Waals surface area contributed by atoms with E-state index in [0.717, 1.165) is 5.57 Å². The smallest absolute Gasteiger partial charge is 0.166 e. The molecule has 110 valence electrons. The average Bonchev–Trinajstić information content (AvgIpc) is 2.31. The average molecular weight is 297 g/mol. The van der Waals surface area contributed by atoms with E-state index in [1.54, 1.807) is 0 Å². The number of hydrogen-bond acceptors (Lipinski definition) is 3. The molecule has 3 nitrogen and oxygen atoms in total. The molecule has 0 heterocycles. The number of Topliss-reactive ketones (excluding diaryl/α,β-unsaturated/α-hetero) is 1. The fourth-order valence-corrected chi connectivity index (χ4v) is 1.87. The molecule has 1 rings (SSSR count). The molecule has 0 aromatic heterocycles. The normalized spacial score (nSPS) is 10.5. The molecule has 0 amide bonds. The fourth-order valence-electron chi connectivity index (χ4n) is 1.66. The van der Waals surface area contributed by atoms with Crippen molar-refractivity contribution in [2.75, 3.05) is 6.61 Å². The van der Waals surface area contributed by atoms with Gasteiger partial charge in [-0.25, -0.2) is 0 Å². The van der Waals surface area contributed by atoms with Gasteiger partial charge in [-0.1, -0.05) is 31.0 Å². The summed E-state index contributed by atoms with van der Waals surface area (Å²) in [6.07, 6.45) is 2.28. The first-order valence-corrected chi connectivity index (χ1v) is 7.01. The Morgan fingerprint density at radius 3 is 2.60 bits per heavy atom. The number of rotatable bonds is 6. The molecule has 1 aromatic rings. The van der Waals surface area contributed by atoms with Crippen LogP contribution in [0.2, 0.25) is 5.02 Å². The molecule has 0 fully saturated rings. The monoisotopic (exact) mass is 296 g/mol. The molecule has 1 aromatic carbocycles. The van der Waals surface area contributed by atoms with Gasteiger partial charge in [0.05, 0.1) is 10.6 Å². The summed E-state index contributed by atoms with van der Waals surface area (Å²) in [5.41, 5.74) is 1.38. The number of allylic oxidation sites excluding steroid dienone is 1. The minimum atomic E-state index is -0.116. The number of carbonyl (C=O) groups is 1. The second-order valence-electron chi connectivity index (χ2n) is 5.41. The number of phenols is 1. The molecule has 0 saturated heterocycles. The zero-order chi connectivity index (χ0) is 15.3. The molecule has 0 aliphatic heterocycles. The Bertz CT molecular complexity index is 515. The third-order valence-corrected chi connectivity index (χ3v) is 2.97. The second kappa shape index (κ2) is 7.34. The van der Waals surface area contributed by atoms with Crippen molar-refractivity contribution >= 4 is 17.4 Å². The van der Waals surface area contributed by atoms with E-state index in [9.17, 15) is 9.90 Å². The highest BCUT2D eigenvalue weighted by atomic mass is 35.5. The van der Waals surface area contributed by atoms with Gasteiger partial charge >= 0.3 is 0 Å². The third-order valence-electron chi connectivity index (χ3n) is 2.67. The molecule has 20 heavy (non-hydrogen) atoms. The van der Waals surface area contributed by atoms with Gasteiger partial charge in [0, 0.05) is 12.5 Å². The lowest BCUT2D eigenvalue weighted by atomic mass is 10.0. The van der Waals surface area contributed by atoms with Gasteiger partial charge in [-0.3, -0.25) is 4.79 Å². The Balaban J connectivity index is 2.91. The van der Waals surface area contributed by atoms with Crippen LogP contribution in [0.4, 0.5) is 0 Å². The van der Waals surface area contributed by atoms with Crippen molar-refractivity contribution in [3.63, 3.8) is 0 Å². The Kier molecular flexibility index (Phi) is 6.08. The van der Waals surface area contributed by atoms with E-state index in [1.807, 2.05) is 33.8 Å². The lowest BCUT2D eigenvalue weighted by molar-refractivity contribution is 0.0965. The van der Waals surface area contributed by atoms with E-state index in [1.165, 1.54) is 12.1 Å². The number of hydrogen-bond donors (Lipinski definition) is 1. The van der Waals surface area contributed by atoms with Gasteiger partial charge in [-0.2, -0.15) is 0 Å². The summed E-state index contributed by atoms with van der Waals surface area (Å²) in [5, 5.41) is 10.3. The summed E-state index contributed by atoms with van der Waals surface area (Å²) in [5.74, 6) is 0.402. The van der Waals surface area contributed by atoms with Gasteiger partial charge in [-0.05, 0) is 31.9 Å². The van der Waals surface area contributed by atoms with Gasteiger partial charge in [0.25, 0.3) is 0 Å². The van der Waals surface area contributed by atoms with Crippen LogP contribution in [0.1, 0.15) is 44.5 Å². The third kappa shape index (κ3) is 4.89. The Morgan fingerprint density at radius 2 is 2.05 bits per heavy atom. The van der Waals surface area contributed by atoms with Gasteiger partial charge < -0.3 is 9.84 Å². The molecule has 0 radical (unpaired) electrons. The van der Waals surface area contributed by atoms with Crippen LogP contribution < -0.4 is 4.74 Å². The number of halogens is 1. The molecule has 0 bridgehead atoms. The molecule has 0 saturated carbocycles. The summed E-state index contributed by atoms with van der Waals surface area (Å²) >= 11 is 6.09. The van der Waals surface area contributed by atoms with Gasteiger partial charge in [0.15, 0.2) is 5.78 Å². The maximum Gasteiger partial charge on any atom is 0.166 e. The highest BCUT2D eigenvalue weighted by Crippen LogP contribution is 2.33. The summed E-state index contributed by atoms with van der Waals surface area (Å²) in [6.45, 7) is 8.22. The number of carbonyl (C=O) groups excluding carboxylic acids is 1. The highest BCUT2D eigenvalue weighted by Gasteiger charge is 2.16. The molecule has 1 N–H and O–H groups in total. The van der Waals surface area contributed by atoms with Crippen molar-refractivity contribution in [3.05, 3.63) is 34.4 Å². The van der Waals surface area contributed by atoms with Crippen molar-refractivity contribution in [1.29, 1.82) is 0 Å². The van der Waals surface area contributed by atoms with Crippen molar-refractivity contribution in [2.45, 2.75) is 34.1 Å². The minimum Gasteiger partial charge on any atom is -0.507 e. The van der Waals surface area contributed by atoms with Crippen LogP contribution in [0, 0.1) is 5.92 Å². The van der Waals surface area contributed by atoms with Crippen LogP contribution in [0.15, 0.2) is 23.8 Å². The maximum absolute atomic E-state index is 12.0. The number of ether oxygens (including phenoxy) is 1. The van der Waals surface area contributed by atoms with Crippen LogP contribution in [-0.4, -0.2) is 17.5 Å². The quantitative estimate of drug-likeness (QED) is 0.615. The maximum atomic E-state index is 12.0. The van der Waals surface area contributed by atoms with Crippen LogP contribution in [-0.2, 0) is 0 Å².